The van der Waals surface area contributed by atoms with Crippen molar-refractivity contribution in [2.45, 2.75) is 31.8 Å². The van der Waals surface area contributed by atoms with Crippen LogP contribution in [-0.4, -0.2) is 47.7 Å². The van der Waals surface area contributed by atoms with Gasteiger partial charge in [0.1, 0.15) is 5.82 Å². The molecule has 2 saturated heterocycles. The summed E-state index contributed by atoms with van der Waals surface area (Å²) in [7, 11) is 0. The SMILES string of the molecule is CCOC(=O)C1C(=N)C2(CCN(Cc3ccccc3)CC2)N(c2cccc(F)c2)C1=O. The number of benzene rings is 2. The highest BCUT2D eigenvalue weighted by Gasteiger charge is 2.59. The lowest BCUT2D eigenvalue weighted by atomic mass is 9.80. The van der Waals surface area contributed by atoms with Gasteiger partial charge in [-0.1, -0.05) is 36.4 Å². The molecule has 31 heavy (non-hydrogen) atoms. The van der Waals surface area contributed by atoms with E-state index in [1.54, 1.807) is 13.0 Å². The first-order chi connectivity index (χ1) is 15.0. The van der Waals surface area contributed by atoms with Crippen molar-refractivity contribution < 1.29 is 18.7 Å². The van der Waals surface area contributed by atoms with E-state index in [1.165, 1.54) is 28.7 Å². The summed E-state index contributed by atoms with van der Waals surface area (Å²) in [4.78, 5) is 29.6. The first-order valence-corrected chi connectivity index (χ1v) is 10.6. The normalized spacial score (nSPS) is 21.0. The summed E-state index contributed by atoms with van der Waals surface area (Å²) >= 11 is 0. The fraction of sp³-hybridized carbons (Fsp3) is 0.375. The molecule has 0 bridgehead atoms. The predicted octanol–water partition coefficient (Wildman–Crippen LogP) is 3.41. The second-order valence-electron chi connectivity index (χ2n) is 8.05. The van der Waals surface area contributed by atoms with Crippen molar-refractivity contribution in [2.24, 2.45) is 5.92 Å². The zero-order valence-corrected chi connectivity index (χ0v) is 17.5. The van der Waals surface area contributed by atoms with Crippen molar-refractivity contribution in [3.8, 4) is 0 Å². The summed E-state index contributed by atoms with van der Waals surface area (Å²) in [5, 5.41) is 8.83. The van der Waals surface area contributed by atoms with E-state index in [1.807, 2.05) is 18.2 Å². The second kappa shape index (κ2) is 8.59. The zero-order valence-electron chi connectivity index (χ0n) is 17.5. The maximum atomic E-state index is 14.0. The smallest absolute Gasteiger partial charge is 0.324 e. The Labute approximate surface area is 181 Å². The minimum absolute atomic E-state index is 0.0552. The van der Waals surface area contributed by atoms with E-state index in [4.69, 9.17) is 10.1 Å². The van der Waals surface area contributed by atoms with Gasteiger partial charge in [0, 0.05) is 25.3 Å². The fourth-order valence-corrected chi connectivity index (χ4v) is 4.70. The molecular formula is C24H26FN3O3. The van der Waals surface area contributed by atoms with Gasteiger partial charge in [0.25, 0.3) is 0 Å². The molecule has 2 aliphatic heterocycles. The highest BCUT2D eigenvalue weighted by atomic mass is 19.1. The molecule has 4 rings (SSSR count). The number of anilines is 1. The molecule has 2 heterocycles. The van der Waals surface area contributed by atoms with Gasteiger partial charge >= 0.3 is 5.97 Å². The number of amides is 1. The van der Waals surface area contributed by atoms with Crippen LogP contribution in [0.1, 0.15) is 25.3 Å². The molecule has 1 amide bonds. The summed E-state index contributed by atoms with van der Waals surface area (Å²) in [5.74, 6) is -2.95. The van der Waals surface area contributed by atoms with Gasteiger partial charge in [-0.25, -0.2) is 4.39 Å². The van der Waals surface area contributed by atoms with Crippen LogP contribution < -0.4 is 4.90 Å². The largest absolute Gasteiger partial charge is 0.465 e. The van der Waals surface area contributed by atoms with E-state index in [0.717, 1.165) is 6.54 Å². The first kappa shape index (κ1) is 21.2. The van der Waals surface area contributed by atoms with E-state index < -0.39 is 29.2 Å². The van der Waals surface area contributed by atoms with Gasteiger partial charge in [0.15, 0.2) is 5.92 Å². The number of carbonyl (C=O) groups is 2. The lowest BCUT2D eigenvalue weighted by Gasteiger charge is -2.44. The lowest BCUT2D eigenvalue weighted by Crippen LogP contribution is -2.56. The Kier molecular flexibility index (Phi) is 5.87. The Morgan fingerprint density at radius 2 is 1.87 bits per heavy atom. The van der Waals surface area contributed by atoms with Crippen LogP contribution >= 0.6 is 0 Å². The topological polar surface area (TPSA) is 73.7 Å². The van der Waals surface area contributed by atoms with Crippen LogP contribution in [0, 0.1) is 17.1 Å². The zero-order chi connectivity index (χ0) is 22.0. The lowest BCUT2D eigenvalue weighted by molar-refractivity contribution is -0.148. The van der Waals surface area contributed by atoms with Crippen LogP contribution in [0.5, 0.6) is 0 Å². The van der Waals surface area contributed by atoms with Crippen LogP contribution in [0.15, 0.2) is 54.6 Å². The summed E-state index contributed by atoms with van der Waals surface area (Å²) in [5.41, 5.74) is 0.676. The molecule has 1 atom stereocenters. The van der Waals surface area contributed by atoms with Crippen molar-refractivity contribution >= 4 is 23.3 Å². The molecule has 1 unspecified atom stereocenters. The monoisotopic (exact) mass is 423 g/mol. The van der Waals surface area contributed by atoms with Crippen LogP contribution in [0.2, 0.25) is 0 Å². The number of hydrogen-bond donors (Lipinski definition) is 1. The van der Waals surface area contributed by atoms with Crippen molar-refractivity contribution in [3.05, 3.63) is 66.0 Å². The molecule has 2 aromatic carbocycles. The predicted molar refractivity (Wildman–Crippen MR) is 115 cm³/mol. The first-order valence-electron chi connectivity index (χ1n) is 10.6. The van der Waals surface area contributed by atoms with Gasteiger partial charge in [0.2, 0.25) is 5.91 Å². The van der Waals surface area contributed by atoms with E-state index in [0.29, 0.717) is 31.6 Å². The van der Waals surface area contributed by atoms with Crippen molar-refractivity contribution in [3.63, 3.8) is 0 Å². The molecule has 1 spiro atoms. The van der Waals surface area contributed by atoms with Crippen LogP contribution in [0.3, 0.4) is 0 Å². The van der Waals surface area contributed by atoms with Gasteiger partial charge in [-0.05, 0) is 43.5 Å². The third-order valence-corrected chi connectivity index (χ3v) is 6.21. The number of piperidine rings is 1. The number of halogens is 1. The third kappa shape index (κ3) is 3.85. The second-order valence-corrected chi connectivity index (χ2v) is 8.05. The quantitative estimate of drug-likeness (QED) is 0.591. The number of ether oxygens (including phenoxy) is 1. The molecule has 0 radical (unpaired) electrons. The molecule has 6 nitrogen and oxygen atoms in total. The molecule has 0 aliphatic carbocycles. The van der Waals surface area contributed by atoms with Crippen LogP contribution in [0.4, 0.5) is 10.1 Å². The summed E-state index contributed by atoms with van der Waals surface area (Å²) < 4.78 is 19.1. The van der Waals surface area contributed by atoms with Gasteiger partial charge in [-0.2, -0.15) is 0 Å². The molecule has 7 heteroatoms. The Bertz CT molecular complexity index is 987. The molecule has 1 N–H and O–H groups in total. The van der Waals surface area contributed by atoms with Gasteiger partial charge in [-0.15, -0.1) is 0 Å². The van der Waals surface area contributed by atoms with Gasteiger partial charge in [0.05, 0.1) is 17.9 Å². The van der Waals surface area contributed by atoms with Crippen molar-refractivity contribution in [2.75, 3.05) is 24.6 Å². The summed E-state index contributed by atoms with van der Waals surface area (Å²) in [6, 6.07) is 15.9. The standard InChI is InChI=1S/C24H26FN3O3/c1-2-31-23(30)20-21(26)24(28(22(20)29)19-10-6-9-18(25)15-19)11-13-27(14-12-24)16-17-7-4-3-5-8-17/h3-10,15,20,26H,2,11-14,16H2,1H3. The molecular weight excluding hydrogens is 397 g/mol. The Morgan fingerprint density at radius 1 is 1.16 bits per heavy atom. The number of nitrogens with one attached hydrogen (secondary N) is 1. The molecule has 2 fully saturated rings. The number of likely N-dealkylation sites (tertiary alicyclic amines) is 1. The van der Waals surface area contributed by atoms with E-state index >= 15 is 0 Å². The molecule has 0 aromatic heterocycles. The van der Waals surface area contributed by atoms with Crippen LogP contribution in [-0.2, 0) is 20.9 Å². The van der Waals surface area contributed by atoms with Crippen molar-refractivity contribution in [1.29, 1.82) is 5.41 Å². The molecule has 2 aromatic rings. The molecule has 162 valence electrons. The molecule has 2 aliphatic rings. The Morgan fingerprint density at radius 3 is 2.52 bits per heavy atom. The average Bonchev–Trinajstić information content (AvgIpc) is 2.97. The highest BCUT2D eigenvalue weighted by Crippen LogP contribution is 2.43. The van der Waals surface area contributed by atoms with E-state index in [2.05, 4.69) is 17.0 Å². The Hall–Kier alpha value is -3.06. The molecule has 0 saturated carbocycles. The number of esters is 1. The summed E-state index contributed by atoms with van der Waals surface area (Å²) in [6.45, 7) is 3.90. The van der Waals surface area contributed by atoms with Gasteiger partial charge < -0.3 is 10.1 Å². The minimum Gasteiger partial charge on any atom is -0.465 e. The van der Waals surface area contributed by atoms with Crippen LogP contribution in [0.25, 0.3) is 0 Å². The maximum absolute atomic E-state index is 14.0. The van der Waals surface area contributed by atoms with Gasteiger partial charge in [-0.3, -0.25) is 19.4 Å². The number of nitrogens with zero attached hydrogens (tertiary/aromatic N) is 2. The number of hydrogen-bond acceptors (Lipinski definition) is 5. The number of rotatable bonds is 5. The third-order valence-electron chi connectivity index (χ3n) is 6.21. The van der Waals surface area contributed by atoms with Crippen molar-refractivity contribution in [1.82, 2.24) is 4.90 Å². The van der Waals surface area contributed by atoms with E-state index in [-0.39, 0.29) is 12.3 Å². The summed E-state index contributed by atoms with van der Waals surface area (Å²) in [6.07, 6.45) is 0.994. The Balaban J connectivity index is 1.64. The maximum Gasteiger partial charge on any atom is 0.324 e. The van der Waals surface area contributed by atoms with E-state index in [9.17, 15) is 14.0 Å². The number of carbonyl (C=O) groups excluding carboxylic acids is 2. The minimum atomic E-state index is -1.27. The fourth-order valence-electron chi connectivity index (χ4n) is 4.70. The highest BCUT2D eigenvalue weighted by molar-refractivity contribution is 6.31. The average molecular weight is 423 g/mol.